The first-order valence-electron chi connectivity index (χ1n) is 8.36. The molecule has 1 fully saturated rings. The van der Waals surface area contributed by atoms with Gasteiger partial charge in [-0.15, -0.1) is 0 Å². The van der Waals surface area contributed by atoms with Crippen LogP contribution in [0.25, 0.3) is 0 Å². The summed E-state index contributed by atoms with van der Waals surface area (Å²) in [6.07, 6.45) is -4.54. The topological polar surface area (TPSA) is 189 Å². The van der Waals surface area contributed by atoms with Gasteiger partial charge >= 0.3 is 35.5 Å². The highest BCUT2D eigenvalue weighted by atomic mass is 16.9. The van der Waals surface area contributed by atoms with Gasteiger partial charge in [0.25, 0.3) is 0 Å². The summed E-state index contributed by atoms with van der Waals surface area (Å²) in [7, 11) is 0. The third-order valence-electron chi connectivity index (χ3n) is 3.92. The molecular formula is C18H24O12. The molecule has 5 atom stereocenters. The monoisotopic (exact) mass is 432 g/mol. The van der Waals surface area contributed by atoms with Crippen LogP contribution in [-0.2, 0) is 33.3 Å². The van der Waals surface area contributed by atoms with Crippen LogP contribution in [0, 0.1) is 0 Å². The number of esters is 3. The van der Waals surface area contributed by atoms with Crippen LogP contribution in [0.3, 0.4) is 0 Å². The Morgan fingerprint density at radius 1 is 0.867 bits per heavy atom. The van der Waals surface area contributed by atoms with Gasteiger partial charge in [0.2, 0.25) is 0 Å². The predicted octanol–water partition coefficient (Wildman–Crippen LogP) is -1.88. The lowest BCUT2D eigenvalue weighted by Gasteiger charge is -2.54. The maximum atomic E-state index is 12.1. The molecule has 5 N–H and O–H groups in total. The Morgan fingerprint density at radius 3 is 1.67 bits per heavy atom. The molecule has 0 bridgehead atoms. The van der Waals surface area contributed by atoms with E-state index in [0.29, 0.717) is 0 Å². The van der Waals surface area contributed by atoms with E-state index in [1.54, 1.807) is 0 Å². The summed E-state index contributed by atoms with van der Waals surface area (Å²) in [5.41, 5.74) is -1.07. The molecule has 30 heavy (non-hydrogen) atoms. The first kappa shape index (κ1) is 25.4. The quantitative estimate of drug-likeness (QED) is 0.130. The van der Waals surface area contributed by atoms with Crippen molar-refractivity contribution in [2.24, 2.45) is 0 Å². The molecule has 1 saturated heterocycles. The Morgan fingerprint density at radius 2 is 1.27 bits per heavy atom. The van der Waals surface area contributed by atoms with Crippen molar-refractivity contribution in [2.45, 2.75) is 50.5 Å². The molecule has 0 aromatic carbocycles. The van der Waals surface area contributed by atoms with Crippen LogP contribution in [-0.4, -0.2) is 79.8 Å². The second-order valence-corrected chi connectivity index (χ2v) is 6.72. The van der Waals surface area contributed by atoms with Gasteiger partial charge in [-0.3, -0.25) is 0 Å². The van der Waals surface area contributed by atoms with Crippen LogP contribution >= 0.6 is 0 Å². The number of carbonyl (C=O) groups excluding carboxylic acids is 3. The van der Waals surface area contributed by atoms with Crippen molar-refractivity contribution in [1.82, 2.24) is 0 Å². The maximum Gasteiger partial charge on any atom is 0.404 e. The molecular weight excluding hydrogens is 408 g/mol. The molecule has 0 radical (unpaired) electrons. The van der Waals surface area contributed by atoms with Gasteiger partial charge in [-0.1, -0.05) is 19.7 Å². The van der Waals surface area contributed by atoms with Gasteiger partial charge in [0.15, 0.2) is 6.10 Å². The van der Waals surface area contributed by atoms with Crippen LogP contribution in [0.15, 0.2) is 36.5 Å². The average molecular weight is 432 g/mol. The SMILES string of the molecule is C=C(C)C(=O)OC1(O)O[C@H](CO)[C@H](O)[C@](O)(OC(=O)C(=C)C)[C@@]1(O)OC(=O)C(=C)C. The van der Waals surface area contributed by atoms with Gasteiger partial charge in [0.05, 0.1) is 6.61 Å². The second-order valence-electron chi connectivity index (χ2n) is 6.72. The van der Waals surface area contributed by atoms with E-state index in [1.807, 2.05) is 0 Å². The summed E-state index contributed by atoms with van der Waals surface area (Å²) in [6, 6.07) is 0. The largest absolute Gasteiger partial charge is 0.419 e. The lowest BCUT2D eigenvalue weighted by Crippen LogP contribution is -2.82. The number of carbonyl (C=O) groups is 3. The Hall–Kier alpha value is -2.61. The lowest BCUT2D eigenvalue weighted by atomic mass is 9.89. The minimum atomic E-state index is -3.97. The van der Waals surface area contributed by atoms with Crippen LogP contribution in [0.2, 0.25) is 0 Å². The number of hydrogen-bond donors (Lipinski definition) is 5. The molecule has 0 spiro atoms. The molecule has 1 aliphatic rings. The van der Waals surface area contributed by atoms with E-state index in [-0.39, 0.29) is 16.7 Å². The Kier molecular flexibility index (Phi) is 7.32. The van der Waals surface area contributed by atoms with Gasteiger partial charge in [0.1, 0.15) is 6.10 Å². The summed E-state index contributed by atoms with van der Waals surface area (Å²) < 4.78 is 18.7. The fourth-order valence-electron chi connectivity index (χ4n) is 2.19. The summed E-state index contributed by atoms with van der Waals surface area (Å²) >= 11 is 0. The van der Waals surface area contributed by atoms with Gasteiger partial charge in [-0.05, 0) is 20.8 Å². The number of aliphatic hydroxyl groups is 5. The smallest absolute Gasteiger partial charge is 0.404 e. The van der Waals surface area contributed by atoms with E-state index in [2.05, 4.69) is 33.9 Å². The van der Waals surface area contributed by atoms with Crippen molar-refractivity contribution < 1.29 is 58.9 Å². The van der Waals surface area contributed by atoms with E-state index >= 15 is 0 Å². The highest BCUT2D eigenvalue weighted by Gasteiger charge is 2.80. The van der Waals surface area contributed by atoms with E-state index in [9.17, 15) is 39.9 Å². The van der Waals surface area contributed by atoms with Crippen molar-refractivity contribution in [3.8, 4) is 0 Å². The summed E-state index contributed by atoms with van der Waals surface area (Å²) in [4.78, 5) is 36.1. The first-order valence-corrected chi connectivity index (χ1v) is 8.36. The molecule has 12 nitrogen and oxygen atoms in total. The molecule has 0 aromatic rings. The van der Waals surface area contributed by atoms with Crippen LogP contribution < -0.4 is 0 Å². The van der Waals surface area contributed by atoms with Crippen molar-refractivity contribution in [1.29, 1.82) is 0 Å². The fraction of sp³-hybridized carbons (Fsp3) is 0.500. The highest BCUT2D eigenvalue weighted by Crippen LogP contribution is 2.46. The molecule has 1 rings (SSSR count). The molecule has 1 aliphatic heterocycles. The molecule has 12 heteroatoms. The number of ether oxygens (including phenoxy) is 4. The summed E-state index contributed by atoms with van der Waals surface area (Å²) in [5, 5.41) is 52.6. The van der Waals surface area contributed by atoms with Crippen molar-refractivity contribution in [2.75, 3.05) is 6.61 Å². The number of aliphatic hydroxyl groups excluding tert-OH is 2. The van der Waals surface area contributed by atoms with Crippen LogP contribution in [0.5, 0.6) is 0 Å². The predicted molar refractivity (Wildman–Crippen MR) is 95.5 cm³/mol. The lowest BCUT2D eigenvalue weighted by molar-refractivity contribution is -0.556. The molecule has 168 valence electrons. The third-order valence-corrected chi connectivity index (χ3v) is 3.92. The van der Waals surface area contributed by atoms with Crippen molar-refractivity contribution in [3.63, 3.8) is 0 Å². The van der Waals surface area contributed by atoms with Crippen LogP contribution in [0.1, 0.15) is 20.8 Å². The highest BCUT2D eigenvalue weighted by molar-refractivity contribution is 5.89. The normalized spacial score (nSPS) is 33.2. The Bertz CT molecular complexity index is 788. The maximum absolute atomic E-state index is 12.1. The van der Waals surface area contributed by atoms with Crippen LogP contribution in [0.4, 0.5) is 0 Å². The van der Waals surface area contributed by atoms with Crippen molar-refractivity contribution in [3.05, 3.63) is 36.5 Å². The van der Waals surface area contributed by atoms with E-state index in [1.165, 1.54) is 0 Å². The van der Waals surface area contributed by atoms with Crippen molar-refractivity contribution >= 4 is 17.9 Å². The zero-order valence-electron chi connectivity index (χ0n) is 16.6. The van der Waals surface area contributed by atoms with Gasteiger partial charge in [0, 0.05) is 16.7 Å². The second kappa shape index (κ2) is 8.63. The zero-order valence-corrected chi connectivity index (χ0v) is 16.6. The molecule has 0 amide bonds. The van der Waals surface area contributed by atoms with E-state index in [4.69, 9.17) is 4.74 Å². The third kappa shape index (κ3) is 4.28. The van der Waals surface area contributed by atoms with E-state index in [0.717, 1.165) is 20.8 Å². The van der Waals surface area contributed by atoms with E-state index < -0.39 is 54.3 Å². The standard InChI is InChI=1S/C18H24O12/c1-8(2)13(21)28-16(24)12(20)11(7-19)27-18(26,30-15(23)10(5)6)17(16,25)29-14(22)9(3)4/h11-12,19-20,24-26H,1,3,5,7H2,2,4,6H3/t11-,12+,16+,17-,18?/m1/s1. The molecule has 1 heterocycles. The number of rotatable bonds is 7. The molecule has 0 aromatic heterocycles. The fourth-order valence-corrected chi connectivity index (χ4v) is 2.19. The molecule has 0 saturated carbocycles. The molecule has 1 unspecified atom stereocenters. The first-order chi connectivity index (χ1) is 13.6. The number of hydrogen-bond acceptors (Lipinski definition) is 12. The van der Waals surface area contributed by atoms with Gasteiger partial charge < -0.3 is 44.5 Å². The average Bonchev–Trinajstić information content (AvgIpc) is 2.63. The molecule has 0 aliphatic carbocycles. The Labute approximate surface area is 171 Å². The minimum absolute atomic E-state index is 0.338. The summed E-state index contributed by atoms with van der Waals surface area (Å²) in [5.74, 6) is -15.8. The van der Waals surface area contributed by atoms with Gasteiger partial charge in [-0.2, -0.15) is 0 Å². The minimum Gasteiger partial charge on any atom is -0.419 e. The summed E-state index contributed by atoms with van der Waals surface area (Å²) in [6.45, 7) is 12.0. The zero-order chi connectivity index (χ0) is 23.7. The Balaban J connectivity index is 3.75. The van der Waals surface area contributed by atoms with Gasteiger partial charge in [-0.25, -0.2) is 14.4 Å².